The first-order valence-electron chi connectivity index (χ1n) is 10.6. The van der Waals surface area contributed by atoms with Gasteiger partial charge in [0, 0.05) is 24.9 Å². The van der Waals surface area contributed by atoms with Gasteiger partial charge in [0.1, 0.15) is 0 Å². The molecule has 2 aromatic rings. The maximum Gasteiger partial charge on any atom is 0.335 e. The minimum Gasteiger partial charge on any atom is -0.478 e. The molecule has 1 amide bonds. The third-order valence-electron chi connectivity index (χ3n) is 6.37. The quantitative estimate of drug-likeness (QED) is 0.659. The molecular formula is C25H31NO4. The molecule has 5 heteroatoms. The van der Waals surface area contributed by atoms with E-state index < -0.39 is 12.1 Å². The predicted octanol–water partition coefficient (Wildman–Crippen LogP) is 3.89. The van der Waals surface area contributed by atoms with E-state index in [0.717, 1.165) is 24.1 Å². The summed E-state index contributed by atoms with van der Waals surface area (Å²) < 4.78 is 0. The Morgan fingerprint density at radius 3 is 2.43 bits per heavy atom. The summed E-state index contributed by atoms with van der Waals surface area (Å²) in [6.07, 6.45) is 2.28. The van der Waals surface area contributed by atoms with Crippen molar-refractivity contribution >= 4 is 11.9 Å². The molecule has 5 nitrogen and oxygen atoms in total. The molecule has 0 spiro atoms. The average molecular weight is 410 g/mol. The Bertz CT molecular complexity index is 860. The van der Waals surface area contributed by atoms with Crippen molar-refractivity contribution in [3.8, 4) is 0 Å². The molecule has 1 unspecified atom stereocenters. The first-order chi connectivity index (χ1) is 14.3. The molecule has 2 atom stereocenters. The lowest BCUT2D eigenvalue weighted by atomic mass is 9.77. The SMILES string of the molecule is CC(C)(c1ccccc1)[C@H](O)CCC1CC(=O)N(CCc2ccc(C(=O)O)cc2)C1. The van der Waals surface area contributed by atoms with Crippen LogP contribution < -0.4 is 0 Å². The molecule has 1 aliphatic rings. The minimum atomic E-state index is -0.934. The van der Waals surface area contributed by atoms with Crippen LogP contribution >= 0.6 is 0 Å². The summed E-state index contributed by atoms with van der Waals surface area (Å²) in [5, 5.41) is 19.8. The molecule has 0 aliphatic carbocycles. The van der Waals surface area contributed by atoms with Crippen LogP contribution in [0.5, 0.6) is 0 Å². The topological polar surface area (TPSA) is 77.8 Å². The Labute approximate surface area is 178 Å². The van der Waals surface area contributed by atoms with E-state index in [1.165, 1.54) is 0 Å². The number of carbonyl (C=O) groups excluding carboxylic acids is 1. The molecule has 1 aliphatic heterocycles. The number of amides is 1. The van der Waals surface area contributed by atoms with Gasteiger partial charge in [0.25, 0.3) is 0 Å². The second-order valence-electron chi connectivity index (χ2n) is 8.84. The molecule has 2 aromatic carbocycles. The Balaban J connectivity index is 1.48. The van der Waals surface area contributed by atoms with E-state index in [4.69, 9.17) is 5.11 Å². The lowest BCUT2D eigenvalue weighted by Crippen LogP contribution is -2.34. The van der Waals surface area contributed by atoms with Crippen molar-refractivity contribution in [2.24, 2.45) is 5.92 Å². The second-order valence-corrected chi connectivity index (χ2v) is 8.84. The Kier molecular flexibility index (Phi) is 6.93. The van der Waals surface area contributed by atoms with Crippen molar-refractivity contribution in [3.05, 3.63) is 71.3 Å². The highest BCUT2D eigenvalue weighted by Gasteiger charge is 2.33. The third kappa shape index (κ3) is 5.28. The summed E-state index contributed by atoms with van der Waals surface area (Å²) >= 11 is 0. The molecule has 1 saturated heterocycles. The van der Waals surface area contributed by atoms with Crippen LogP contribution in [0.4, 0.5) is 0 Å². The van der Waals surface area contributed by atoms with Gasteiger partial charge in [-0.2, -0.15) is 0 Å². The van der Waals surface area contributed by atoms with Crippen molar-refractivity contribution in [2.75, 3.05) is 13.1 Å². The van der Waals surface area contributed by atoms with E-state index in [1.807, 2.05) is 47.4 Å². The van der Waals surface area contributed by atoms with Gasteiger partial charge in [-0.25, -0.2) is 4.79 Å². The molecule has 3 rings (SSSR count). The van der Waals surface area contributed by atoms with Crippen molar-refractivity contribution in [1.82, 2.24) is 4.90 Å². The number of carboxylic acid groups (broad SMARTS) is 1. The molecule has 0 saturated carbocycles. The number of aromatic carboxylic acids is 1. The smallest absolute Gasteiger partial charge is 0.335 e. The highest BCUT2D eigenvalue weighted by atomic mass is 16.4. The highest BCUT2D eigenvalue weighted by molar-refractivity contribution is 5.87. The molecule has 160 valence electrons. The Morgan fingerprint density at radius 2 is 1.80 bits per heavy atom. The molecule has 1 heterocycles. The fraction of sp³-hybridized carbons (Fsp3) is 0.440. The minimum absolute atomic E-state index is 0.166. The number of nitrogens with zero attached hydrogens (tertiary/aromatic N) is 1. The lowest BCUT2D eigenvalue weighted by Gasteiger charge is -2.31. The van der Waals surface area contributed by atoms with Gasteiger partial charge >= 0.3 is 5.97 Å². The number of rotatable bonds is 9. The van der Waals surface area contributed by atoms with Crippen molar-refractivity contribution in [3.63, 3.8) is 0 Å². The summed E-state index contributed by atoms with van der Waals surface area (Å²) in [5.41, 5.74) is 2.09. The molecular weight excluding hydrogens is 378 g/mol. The fourth-order valence-electron chi connectivity index (χ4n) is 4.16. The van der Waals surface area contributed by atoms with Gasteiger partial charge < -0.3 is 15.1 Å². The van der Waals surface area contributed by atoms with Crippen LogP contribution in [-0.2, 0) is 16.6 Å². The van der Waals surface area contributed by atoms with Crippen LogP contribution in [0.25, 0.3) is 0 Å². The van der Waals surface area contributed by atoms with Crippen LogP contribution in [0.1, 0.15) is 54.6 Å². The molecule has 0 aromatic heterocycles. The molecule has 1 fully saturated rings. The van der Waals surface area contributed by atoms with E-state index in [2.05, 4.69) is 13.8 Å². The third-order valence-corrected chi connectivity index (χ3v) is 6.37. The zero-order valence-electron chi connectivity index (χ0n) is 17.8. The van der Waals surface area contributed by atoms with Crippen LogP contribution in [-0.4, -0.2) is 46.2 Å². The summed E-state index contributed by atoms with van der Waals surface area (Å²) in [6, 6.07) is 16.9. The van der Waals surface area contributed by atoms with Gasteiger partial charge in [-0.1, -0.05) is 56.3 Å². The van der Waals surface area contributed by atoms with E-state index in [0.29, 0.717) is 25.8 Å². The summed E-state index contributed by atoms with van der Waals surface area (Å²) in [7, 11) is 0. The largest absolute Gasteiger partial charge is 0.478 e. The number of carbonyl (C=O) groups is 2. The fourth-order valence-corrected chi connectivity index (χ4v) is 4.16. The maximum atomic E-state index is 12.4. The zero-order valence-corrected chi connectivity index (χ0v) is 17.8. The van der Waals surface area contributed by atoms with Gasteiger partial charge in [0.2, 0.25) is 5.91 Å². The van der Waals surface area contributed by atoms with Crippen molar-refractivity contribution in [2.45, 2.75) is 51.0 Å². The van der Waals surface area contributed by atoms with E-state index >= 15 is 0 Å². The Hall–Kier alpha value is -2.66. The van der Waals surface area contributed by atoms with Crippen molar-refractivity contribution in [1.29, 1.82) is 0 Å². The molecule has 2 N–H and O–H groups in total. The standard InChI is InChI=1S/C25H31NO4/c1-25(2,21-6-4-3-5-7-21)22(27)13-10-19-16-23(28)26(17-19)15-14-18-8-11-20(12-9-18)24(29)30/h3-9,11-12,19,22,27H,10,13-17H2,1-2H3,(H,29,30)/t19?,22-/m1/s1. The van der Waals surface area contributed by atoms with Crippen LogP contribution in [0.15, 0.2) is 54.6 Å². The van der Waals surface area contributed by atoms with Gasteiger partial charge in [0.15, 0.2) is 0 Å². The van der Waals surface area contributed by atoms with Crippen LogP contribution in [0.2, 0.25) is 0 Å². The number of aliphatic hydroxyl groups is 1. The number of hydrogen-bond donors (Lipinski definition) is 2. The first-order valence-corrected chi connectivity index (χ1v) is 10.6. The normalized spacial score (nSPS) is 17.9. The number of aliphatic hydroxyl groups excluding tert-OH is 1. The summed E-state index contributed by atoms with van der Waals surface area (Å²) in [4.78, 5) is 25.2. The predicted molar refractivity (Wildman–Crippen MR) is 117 cm³/mol. The van der Waals surface area contributed by atoms with Crippen molar-refractivity contribution < 1.29 is 19.8 Å². The summed E-state index contributed by atoms with van der Waals surface area (Å²) in [5.74, 6) is -0.496. The lowest BCUT2D eigenvalue weighted by molar-refractivity contribution is -0.127. The number of benzene rings is 2. The van der Waals surface area contributed by atoms with Gasteiger partial charge in [-0.15, -0.1) is 0 Å². The number of carboxylic acids is 1. The monoisotopic (exact) mass is 409 g/mol. The van der Waals surface area contributed by atoms with Gasteiger partial charge in [0.05, 0.1) is 11.7 Å². The first kappa shape index (κ1) is 22.0. The van der Waals surface area contributed by atoms with E-state index in [-0.39, 0.29) is 22.8 Å². The molecule has 30 heavy (non-hydrogen) atoms. The second kappa shape index (κ2) is 9.43. The average Bonchev–Trinajstić information content (AvgIpc) is 3.10. The zero-order chi connectivity index (χ0) is 21.7. The summed E-state index contributed by atoms with van der Waals surface area (Å²) in [6.45, 7) is 5.49. The van der Waals surface area contributed by atoms with E-state index in [1.54, 1.807) is 12.1 Å². The number of hydrogen-bond acceptors (Lipinski definition) is 3. The van der Waals surface area contributed by atoms with Gasteiger partial charge in [-0.3, -0.25) is 4.79 Å². The maximum absolute atomic E-state index is 12.4. The van der Waals surface area contributed by atoms with Crippen LogP contribution in [0.3, 0.4) is 0 Å². The molecule has 0 bridgehead atoms. The van der Waals surface area contributed by atoms with E-state index in [9.17, 15) is 14.7 Å². The Morgan fingerprint density at radius 1 is 1.13 bits per heavy atom. The molecule has 0 radical (unpaired) electrons. The highest BCUT2D eigenvalue weighted by Crippen LogP contribution is 2.32. The number of likely N-dealkylation sites (tertiary alicyclic amines) is 1. The van der Waals surface area contributed by atoms with Gasteiger partial charge in [-0.05, 0) is 48.4 Å². The van der Waals surface area contributed by atoms with Crippen LogP contribution in [0, 0.1) is 5.92 Å².